The van der Waals surface area contributed by atoms with E-state index in [0.717, 1.165) is 6.42 Å². The summed E-state index contributed by atoms with van der Waals surface area (Å²) in [4.78, 5) is 23.8. The van der Waals surface area contributed by atoms with Gasteiger partial charge in [-0.15, -0.1) is 0 Å². The summed E-state index contributed by atoms with van der Waals surface area (Å²) < 4.78 is 10.3. The lowest BCUT2D eigenvalue weighted by atomic mass is 10.2. The third-order valence-corrected chi connectivity index (χ3v) is 3.70. The fourth-order valence-corrected chi connectivity index (χ4v) is 2.40. The molecule has 0 radical (unpaired) electrons. The van der Waals surface area contributed by atoms with Gasteiger partial charge in [0.25, 0.3) is 5.91 Å². The monoisotopic (exact) mass is 331 g/mol. The van der Waals surface area contributed by atoms with Crippen LogP contribution in [0.3, 0.4) is 0 Å². The second-order valence-electron chi connectivity index (χ2n) is 4.67. The van der Waals surface area contributed by atoms with Gasteiger partial charge in [0, 0.05) is 6.61 Å². The van der Waals surface area contributed by atoms with E-state index in [0.29, 0.717) is 28.8 Å². The molecule has 1 N–H and O–H groups in total. The lowest BCUT2D eigenvalue weighted by Crippen LogP contribution is -2.34. The Morgan fingerprint density at radius 2 is 2.05 bits per heavy atom. The molecule has 1 heterocycles. The maximum absolute atomic E-state index is 12.0. The number of esters is 1. The van der Waals surface area contributed by atoms with E-state index in [1.54, 1.807) is 18.2 Å². The van der Waals surface area contributed by atoms with Crippen molar-refractivity contribution in [2.75, 3.05) is 11.9 Å². The molecule has 0 spiro atoms. The van der Waals surface area contributed by atoms with E-state index in [1.807, 2.05) is 0 Å². The Morgan fingerprint density at radius 1 is 1.38 bits per heavy atom. The maximum Gasteiger partial charge on any atom is 0.336 e. The van der Waals surface area contributed by atoms with E-state index < -0.39 is 24.1 Å². The molecule has 2 atom stereocenters. The summed E-state index contributed by atoms with van der Waals surface area (Å²) in [5, 5.41) is 3.18. The van der Waals surface area contributed by atoms with Gasteiger partial charge in [-0.25, -0.2) is 4.79 Å². The summed E-state index contributed by atoms with van der Waals surface area (Å²) in [5.74, 6) is -1.03. The van der Waals surface area contributed by atoms with Crippen LogP contribution in [0.4, 0.5) is 5.69 Å². The van der Waals surface area contributed by atoms with E-state index in [9.17, 15) is 9.59 Å². The predicted octanol–water partition coefficient (Wildman–Crippen LogP) is 3.04. The molecule has 1 aromatic rings. The van der Waals surface area contributed by atoms with E-state index in [1.165, 1.54) is 6.92 Å². The molecule has 0 saturated carbocycles. The highest BCUT2D eigenvalue weighted by atomic mass is 35.5. The van der Waals surface area contributed by atoms with Gasteiger partial charge in [-0.05, 0) is 31.9 Å². The van der Waals surface area contributed by atoms with Crippen molar-refractivity contribution >= 4 is 40.8 Å². The number of carbonyl (C=O) groups excluding carboxylic acids is 2. The summed E-state index contributed by atoms with van der Waals surface area (Å²) in [6.07, 6.45) is -0.114. The van der Waals surface area contributed by atoms with Gasteiger partial charge in [-0.1, -0.05) is 29.3 Å². The molecule has 5 nitrogen and oxygen atoms in total. The van der Waals surface area contributed by atoms with Gasteiger partial charge in [0.1, 0.15) is 0 Å². The second-order valence-corrected chi connectivity index (χ2v) is 5.48. The van der Waals surface area contributed by atoms with Crippen molar-refractivity contribution in [2.24, 2.45) is 0 Å². The Balaban J connectivity index is 1.94. The fraction of sp³-hybridized carbons (Fsp3) is 0.429. The topological polar surface area (TPSA) is 64.6 Å². The molecule has 1 aromatic carbocycles. The van der Waals surface area contributed by atoms with Gasteiger partial charge in [0.2, 0.25) is 0 Å². The molecule has 1 amide bonds. The molecule has 2 rings (SSSR count). The van der Waals surface area contributed by atoms with Crippen molar-refractivity contribution in [3.05, 3.63) is 28.2 Å². The van der Waals surface area contributed by atoms with Crippen LogP contribution < -0.4 is 5.32 Å². The smallest absolute Gasteiger partial charge is 0.336 e. The Labute approximate surface area is 132 Å². The van der Waals surface area contributed by atoms with Crippen LogP contribution in [0.25, 0.3) is 0 Å². The number of ether oxygens (including phenoxy) is 2. The van der Waals surface area contributed by atoms with E-state index >= 15 is 0 Å². The van der Waals surface area contributed by atoms with Gasteiger partial charge in [0.05, 0.1) is 15.7 Å². The standard InChI is InChI=1S/C14H15Cl2NO4/c1-8(21-14(19)11-6-3-7-20-11)13(18)17-12-9(15)4-2-5-10(12)16/h2,4-5,8,11H,3,6-7H2,1H3,(H,17,18)/t8-,11+/m1/s1. The maximum atomic E-state index is 12.0. The molecule has 1 aliphatic heterocycles. The van der Waals surface area contributed by atoms with Crippen LogP contribution in [0.2, 0.25) is 10.0 Å². The van der Waals surface area contributed by atoms with Crippen LogP contribution >= 0.6 is 23.2 Å². The summed E-state index contributed by atoms with van der Waals surface area (Å²) in [7, 11) is 0. The molecule has 21 heavy (non-hydrogen) atoms. The number of hydrogen-bond donors (Lipinski definition) is 1. The number of rotatable bonds is 4. The first-order valence-electron chi connectivity index (χ1n) is 6.56. The zero-order chi connectivity index (χ0) is 15.4. The first kappa shape index (κ1) is 16.1. The number of nitrogens with one attached hydrogen (secondary N) is 1. The highest BCUT2D eigenvalue weighted by Crippen LogP contribution is 2.30. The molecule has 1 aliphatic rings. The minimum Gasteiger partial charge on any atom is -0.451 e. The number of amides is 1. The lowest BCUT2D eigenvalue weighted by Gasteiger charge is -2.16. The number of hydrogen-bond acceptors (Lipinski definition) is 4. The van der Waals surface area contributed by atoms with Crippen LogP contribution in [-0.4, -0.2) is 30.7 Å². The lowest BCUT2D eigenvalue weighted by molar-refractivity contribution is -0.162. The van der Waals surface area contributed by atoms with E-state index in [2.05, 4.69) is 5.32 Å². The first-order valence-corrected chi connectivity index (χ1v) is 7.31. The van der Waals surface area contributed by atoms with Crippen molar-refractivity contribution in [1.82, 2.24) is 0 Å². The fourth-order valence-electron chi connectivity index (χ4n) is 1.91. The van der Waals surface area contributed by atoms with Gasteiger partial charge in [-0.3, -0.25) is 4.79 Å². The van der Waals surface area contributed by atoms with Gasteiger partial charge in [-0.2, -0.15) is 0 Å². The number of carbonyl (C=O) groups is 2. The van der Waals surface area contributed by atoms with Crippen molar-refractivity contribution in [1.29, 1.82) is 0 Å². The van der Waals surface area contributed by atoms with Crippen LogP contribution in [-0.2, 0) is 19.1 Å². The third-order valence-electron chi connectivity index (χ3n) is 3.07. The predicted molar refractivity (Wildman–Crippen MR) is 79.6 cm³/mol. The van der Waals surface area contributed by atoms with Gasteiger partial charge < -0.3 is 14.8 Å². The highest BCUT2D eigenvalue weighted by molar-refractivity contribution is 6.39. The highest BCUT2D eigenvalue weighted by Gasteiger charge is 2.28. The summed E-state index contributed by atoms with van der Waals surface area (Å²) in [5.41, 5.74) is 0.297. The molecular weight excluding hydrogens is 317 g/mol. The number of para-hydroxylation sites is 1. The zero-order valence-electron chi connectivity index (χ0n) is 11.4. The largest absolute Gasteiger partial charge is 0.451 e. The van der Waals surface area contributed by atoms with E-state index in [-0.39, 0.29) is 0 Å². The summed E-state index contributed by atoms with van der Waals surface area (Å²) >= 11 is 11.9. The molecule has 1 saturated heterocycles. The second kappa shape index (κ2) is 7.11. The van der Waals surface area contributed by atoms with Crippen molar-refractivity contribution in [3.63, 3.8) is 0 Å². The Kier molecular flexibility index (Phi) is 5.45. The van der Waals surface area contributed by atoms with Crippen LogP contribution in [0.5, 0.6) is 0 Å². The number of benzene rings is 1. The SMILES string of the molecule is C[C@@H](OC(=O)[C@@H]1CCCO1)C(=O)Nc1c(Cl)cccc1Cl. The Morgan fingerprint density at radius 3 is 2.62 bits per heavy atom. The Hall–Kier alpha value is -1.30. The quantitative estimate of drug-likeness (QED) is 0.861. The van der Waals surface area contributed by atoms with E-state index in [4.69, 9.17) is 32.7 Å². The number of anilines is 1. The average Bonchev–Trinajstić information content (AvgIpc) is 2.97. The third kappa shape index (κ3) is 4.09. The van der Waals surface area contributed by atoms with Crippen molar-refractivity contribution in [2.45, 2.75) is 32.0 Å². The molecule has 0 aromatic heterocycles. The van der Waals surface area contributed by atoms with Crippen LogP contribution in [0.1, 0.15) is 19.8 Å². The number of halogens is 2. The van der Waals surface area contributed by atoms with Gasteiger partial charge in [0.15, 0.2) is 12.2 Å². The summed E-state index contributed by atoms with van der Waals surface area (Å²) in [6, 6.07) is 4.87. The average molecular weight is 332 g/mol. The molecule has 1 fully saturated rings. The molecule has 114 valence electrons. The molecule has 0 unspecified atom stereocenters. The zero-order valence-corrected chi connectivity index (χ0v) is 12.9. The first-order chi connectivity index (χ1) is 9.99. The molecule has 0 aliphatic carbocycles. The molecule has 7 heteroatoms. The minimum absolute atomic E-state index is 0.297. The molecule has 0 bridgehead atoms. The normalized spacial score (nSPS) is 19.1. The Bertz CT molecular complexity index is 524. The van der Waals surface area contributed by atoms with Crippen LogP contribution in [0.15, 0.2) is 18.2 Å². The molecular formula is C14H15Cl2NO4. The van der Waals surface area contributed by atoms with Crippen LogP contribution in [0, 0.1) is 0 Å². The van der Waals surface area contributed by atoms with Crippen molar-refractivity contribution < 1.29 is 19.1 Å². The van der Waals surface area contributed by atoms with Crippen molar-refractivity contribution in [3.8, 4) is 0 Å². The summed E-state index contributed by atoms with van der Waals surface area (Å²) in [6.45, 7) is 2.02. The van der Waals surface area contributed by atoms with Gasteiger partial charge >= 0.3 is 5.97 Å². The minimum atomic E-state index is -0.964.